The molecule has 21 heavy (non-hydrogen) atoms. The van der Waals surface area contributed by atoms with E-state index in [1.807, 2.05) is 11.8 Å². The Balaban J connectivity index is 2.08. The summed E-state index contributed by atoms with van der Waals surface area (Å²) in [6.07, 6.45) is 5.65. The first-order chi connectivity index (χ1) is 10.2. The first-order valence-corrected chi connectivity index (χ1v) is 8.31. The first kappa shape index (κ1) is 16.4. The van der Waals surface area contributed by atoms with Gasteiger partial charge in [-0.3, -0.25) is 0 Å². The Morgan fingerprint density at radius 1 is 1.38 bits per heavy atom. The maximum absolute atomic E-state index is 12.6. The third kappa shape index (κ3) is 4.23. The van der Waals surface area contributed by atoms with E-state index in [0.29, 0.717) is 29.1 Å². The molecule has 1 aromatic carbocycles. The van der Waals surface area contributed by atoms with E-state index in [1.54, 1.807) is 18.2 Å². The summed E-state index contributed by atoms with van der Waals surface area (Å²) in [6.45, 7) is -2.36. The topological polar surface area (TPSA) is 30.5 Å². The van der Waals surface area contributed by atoms with E-state index in [4.69, 9.17) is 4.74 Å². The second-order valence-corrected chi connectivity index (χ2v) is 6.10. The number of hydrogen-bond donors (Lipinski definition) is 1. The minimum Gasteiger partial charge on any atom is -0.493 e. The summed E-state index contributed by atoms with van der Waals surface area (Å²) in [7, 11) is 1.45. The molecule has 0 aromatic heterocycles. The molecule has 0 saturated heterocycles. The highest BCUT2D eigenvalue weighted by molar-refractivity contribution is 7.99. The van der Waals surface area contributed by atoms with Crippen LogP contribution in [0, 0.1) is 0 Å². The van der Waals surface area contributed by atoms with Crippen molar-refractivity contribution in [3.05, 3.63) is 23.8 Å². The standard InChI is InChI=1S/C15H21F2NO2S/c1-19-12-7-3-5-10(14(12)20-15(16)17)9-18-11-6-4-8-13(11)21-2/h3,5,7,11,13,15,18H,4,6,8-9H2,1-2H3. The minimum atomic E-state index is -2.86. The average molecular weight is 317 g/mol. The summed E-state index contributed by atoms with van der Waals surface area (Å²) >= 11 is 1.86. The van der Waals surface area contributed by atoms with E-state index in [2.05, 4.69) is 16.3 Å². The van der Waals surface area contributed by atoms with Gasteiger partial charge in [0.1, 0.15) is 0 Å². The van der Waals surface area contributed by atoms with Crippen LogP contribution in [-0.4, -0.2) is 31.3 Å². The van der Waals surface area contributed by atoms with Gasteiger partial charge in [-0.05, 0) is 25.2 Å². The predicted octanol–water partition coefficient (Wildman–Crippen LogP) is 3.67. The number of benzene rings is 1. The quantitative estimate of drug-likeness (QED) is 0.831. The Morgan fingerprint density at radius 2 is 2.19 bits per heavy atom. The molecule has 0 spiro atoms. The van der Waals surface area contributed by atoms with Gasteiger partial charge in [-0.25, -0.2) is 0 Å². The van der Waals surface area contributed by atoms with E-state index in [9.17, 15) is 8.78 Å². The van der Waals surface area contributed by atoms with Crippen LogP contribution in [0.25, 0.3) is 0 Å². The van der Waals surface area contributed by atoms with Crippen molar-refractivity contribution in [2.24, 2.45) is 0 Å². The summed E-state index contributed by atoms with van der Waals surface area (Å²) in [5.74, 6) is 0.462. The van der Waals surface area contributed by atoms with Gasteiger partial charge >= 0.3 is 6.61 Å². The molecular formula is C15H21F2NO2S. The lowest BCUT2D eigenvalue weighted by molar-refractivity contribution is -0.0518. The SMILES string of the molecule is COc1cccc(CNC2CCCC2SC)c1OC(F)F. The van der Waals surface area contributed by atoms with Crippen molar-refractivity contribution in [2.75, 3.05) is 13.4 Å². The molecule has 0 aliphatic heterocycles. The normalized spacial score (nSPS) is 21.8. The molecule has 6 heteroatoms. The number of nitrogens with one attached hydrogen (secondary N) is 1. The Hall–Kier alpha value is -1.01. The molecule has 1 fully saturated rings. The van der Waals surface area contributed by atoms with Gasteiger partial charge in [-0.1, -0.05) is 18.6 Å². The largest absolute Gasteiger partial charge is 0.493 e. The Morgan fingerprint density at radius 3 is 2.86 bits per heavy atom. The highest BCUT2D eigenvalue weighted by atomic mass is 32.2. The number of para-hydroxylation sites is 1. The maximum Gasteiger partial charge on any atom is 0.387 e. The number of methoxy groups -OCH3 is 1. The van der Waals surface area contributed by atoms with Gasteiger partial charge in [-0.2, -0.15) is 20.5 Å². The molecule has 1 aliphatic carbocycles. The van der Waals surface area contributed by atoms with Crippen LogP contribution in [0.2, 0.25) is 0 Å². The molecule has 1 aliphatic rings. The number of hydrogen-bond acceptors (Lipinski definition) is 4. The van der Waals surface area contributed by atoms with Crippen molar-refractivity contribution in [2.45, 2.75) is 43.7 Å². The van der Waals surface area contributed by atoms with Crippen molar-refractivity contribution in [1.29, 1.82) is 0 Å². The van der Waals surface area contributed by atoms with Crippen molar-refractivity contribution in [3.63, 3.8) is 0 Å². The summed E-state index contributed by atoms with van der Waals surface area (Å²) in [6, 6.07) is 5.62. The molecule has 2 unspecified atom stereocenters. The molecule has 0 radical (unpaired) electrons. The van der Waals surface area contributed by atoms with Crippen molar-refractivity contribution < 1.29 is 18.3 Å². The Labute approximate surface area is 128 Å². The molecule has 1 aromatic rings. The second-order valence-electron chi connectivity index (χ2n) is 5.02. The third-order valence-electron chi connectivity index (χ3n) is 3.80. The second kappa shape index (κ2) is 7.84. The molecule has 0 bridgehead atoms. The summed E-state index contributed by atoms with van der Waals surface area (Å²) in [5, 5.41) is 4.06. The van der Waals surface area contributed by atoms with E-state index < -0.39 is 6.61 Å². The van der Waals surface area contributed by atoms with Crippen molar-refractivity contribution in [1.82, 2.24) is 5.32 Å². The van der Waals surface area contributed by atoms with Gasteiger partial charge in [0.25, 0.3) is 0 Å². The van der Waals surface area contributed by atoms with Crippen LogP contribution >= 0.6 is 11.8 Å². The smallest absolute Gasteiger partial charge is 0.387 e. The number of thioether (sulfide) groups is 1. The molecule has 2 rings (SSSR count). The van der Waals surface area contributed by atoms with Crippen LogP contribution in [0.3, 0.4) is 0 Å². The molecule has 118 valence electrons. The summed E-state index contributed by atoms with van der Waals surface area (Å²) in [4.78, 5) is 0. The van der Waals surface area contributed by atoms with Crippen LogP contribution in [0.1, 0.15) is 24.8 Å². The van der Waals surface area contributed by atoms with Crippen LogP contribution in [0.15, 0.2) is 18.2 Å². The Bertz CT molecular complexity index is 459. The molecule has 3 nitrogen and oxygen atoms in total. The van der Waals surface area contributed by atoms with E-state index in [1.165, 1.54) is 20.0 Å². The zero-order chi connectivity index (χ0) is 15.2. The van der Waals surface area contributed by atoms with Gasteiger partial charge in [0.2, 0.25) is 0 Å². The van der Waals surface area contributed by atoms with Crippen molar-refractivity contribution in [3.8, 4) is 11.5 Å². The lowest BCUT2D eigenvalue weighted by Gasteiger charge is -2.21. The summed E-state index contributed by atoms with van der Waals surface area (Å²) < 4.78 is 34.9. The molecule has 1 N–H and O–H groups in total. The van der Waals surface area contributed by atoms with Gasteiger partial charge in [-0.15, -0.1) is 0 Å². The molecule has 0 amide bonds. The minimum absolute atomic E-state index is 0.126. The summed E-state index contributed by atoms with van der Waals surface area (Å²) in [5.41, 5.74) is 0.696. The van der Waals surface area contributed by atoms with Crippen LogP contribution < -0.4 is 14.8 Å². The third-order valence-corrected chi connectivity index (χ3v) is 4.97. The van der Waals surface area contributed by atoms with Crippen molar-refractivity contribution >= 4 is 11.8 Å². The highest BCUT2D eigenvalue weighted by Crippen LogP contribution is 2.33. The maximum atomic E-state index is 12.6. The number of alkyl halides is 2. The fourth-order valence-electron chi connectivity index (χ4n) is 2.77. The first-order valence-electron chi connectivity index (χ1n) is 7.02. The molecule has 0 heterocycles. The van der Waals surface area contributed by atoms with Gasteiger partial charge < -0.3 is 14.8 Å². The fraction of sp³-hybridized carbons (Fsp3) is 0.600. The predicted molar refractivity (Wildman–Crippen MR) is 81.4 cm³/mol. The van der Waals surface area contributed by atoms with E-state index in [-0.39, 0.29) is 5.75 Å². The van der Waals surface area contributed by atoms with Gasteiger partial charge in [0.05, 0.1) is 7.11 Å². The number of rotatable bonds is 7. The Kier molecular flexibility index (Phi) is 6.11. The van der Waals surface area contributed by atoms with Gasteiger partial charge in [0.15, 0.2) is 11.5 Å². The molecule has 1 saturated carbocycles. The van der Waals surface area contributed by atoms with E-state index in [0.717, 1.165) is 6.42 Å². The fourth-order valence-corrected chi connectivity index (χ4v) is 3.73. The highest BCUT2D eigenvalue weighted by Gasteiger charge is 2.26. The zero-order valence-electron chi connectivity index (χ0n) is 12.3. The molecule has 2 atom stereocenters. The lowest BCUT2D eigenvalue weighted by atomic mass is 10.1. The zero-order valence-corrected chi connectivity index (χ0v) is 13.1. The lowest BCUT2D eigenvalue weighted by Crippen LogP contribution is -2.33. The molecular weight excluding hydrogens is 296 g/mol. The van der Waals surface area contributed by atoms with Gasteiger partial charge in [0, 0.05) is 23.4 Å². The van der Waals surface area contributed by atoms with Crippen LogP contribution in [-0.2, 0) is 6.54 Å². The number of ether oxygens (including phenoxy) is 2. The van der Waals surface area contributed by atoms with Crippen LogP contribution in [0.4, 0.5) is 8.78 Å². The number of halogens is 2. The average Bonchev–Trinajstić information content (AvgIpc) is 2.93. The van der Waals surface area contributed by atoms with E-state index >= 15 is 0 Å². The van der Waals surface area contributed by atoms with Crippen LogP contribution in [0.5, 0.6) is 11.5 Å². The monoisotopic (exact) mass is 317 g/mol.